The Hall–Kier alpha value is -3.75. The van der Waals surface area contributed by atoms with Gasteiger partial charge in [-0.3, -0.25) is 19.2 Å². The third-order valence-electron chi connectivity index (χ3n) is 8.14. The fourth-order valence-corrected chi connectivity index (χ4v) is 6.97. The van der Waals surface area contributed by atoms with Gasteiger partial charge in [-0.05, 0) is 45.9 Å². The topological polar surface area (TPSA) is 77.5 Å². The van der Waals surface area contributed by atoms with E-state index in [2.05, 4.69) is 22.6 Å². The summed E-state index contributed by atoms with van der Waals surface area (Å²) in [5, 5.41) is 0. The fraction of sp³-hybridized carbons (Fsp3) is 0.125. The number of rotatable bonds is 2. The number of ketones is 4. The first kappa shape index (κ1) is 23.4. The fourth-order valence-electron chi connectivity index (χ4n) is 6.61. The van der Waals surface area contributed by atoms with Crippen molar-refractivity contribution in [3.05, 3.63) is 140 Å². The predicted molar refractivity (Wildman–Crippen MR) is 148 cm³/mol. The summed E-state index contributed by atoms with van der Waals surface area (Å²) in [5.74, 6) is -3.06. The summed E-state index contributed by atoms with van der Waals surface area (Å²) in [5.41, 5.74) is -1.76. The van der Waals surface area contributed by atoms with Crippen LogP contribution in [-0.2, 0) is 4.74 Å². The number of benzene rings is 4. The lowest BCUT2D eigenvalue weighted by molar-refractivity contribution is -0.0210. The van der Waals surface area contributed by atoms with Gasteiger partial charge in [-0.2, -0.15) is 0 Å². The van der Waals surface area contributed by atoms with Gasteiger partial charge in [-0.15, -0.1) is 0 Å². The Morgan fingerprint density at radius 1 is 0.526 bits per heavy atom. The van der Waals surface area contributed by atoms with Gasteiger partial charge < -0.3 is 4.74 Å². The van der Waals surface area contributed by atoms with Crippen molar-refractivity contribution in [3.63, 3.8) is 0 Å². The predicted octanol–water partition coefficient (Wildman–Crippen LogP) is 6.03. The van der Waals surface area contributed by atoms with Gasteiger partial charge in [0.15, 0.2) is 11.6 Å². The molecule has 4 aromatic rings. The number of hydrogen-bond donors (Lipinski definition) is 0. The minimum Gasteiger partial charge on any atom is -0.348 e. The number of carbonyl (C=O) groups is 4. The minimum atomic E-state index is -2.06. The molecule has 38 heavy (non-hydrogen) atoms. The maximum atomic E-state index is 14.6. The summed E-state index contributed by atoms with van der Waals surface area (Å²) in [6.07, 6.45) is -1.15. The van der Waals surface area contributed by atoms with E-state index < -0.39 is 46.2 Å². The van der Waals surface area contributed by atoms with E-state index in [0.29, 0.717) is 11.1 Å². The molecular weight excluding hydrogens is 591 g/mol. The van der Waals surface area contributed by atoms with Gasteiger partial charge in [0, 0.05) is 25.8 Å². The van der Waals surface area contributed by atoms with Crippen LogP contribution in [0.4, 0.5) is 0 Å². The molecule has 1 fully saturated rings. The quantitative estimate of drug-likeness (QED) is 0.205. The first-order chi connectivity index (χ1) is 18.4. The Bertz CT molecular complexity index is 1620. The van der Waals surface area contributed by atoms with Crippen molar-refractivity contribution in [2.24, 2.45) is 5.41 Å². The molecule has 1 heterocycles. The van der Waals surface area contributed by atoms with Crippen molar-refractivity contribution in [1.29, 1.82) is 0 Å². The first-order valence-electron chi connectivity index (χ1n) is 12.3. The standard InChI is InChI=1S/C32H19IO5/c33-20-16-14-19(15-17-20)30-31(26(34)21-10-4-5-11-22(21)27(31)35)25(18-8-2-1-3-9-18)32(38-30)28(36)23-12-6-7-13-24(23)29(32)37/h1-17,25,30H/t25-,30-/m1/s1. The molecule has 7 rings (SSSR count). The smallest absolute Gasteiger partial charge is 0.204 e. The van der Waals surface area contributed by atoms with Crippen LogP contribution >= 0.6 is 22.6 Å². The Morgan fingerprint density at radius 2 is 0.974 bits per heavy atom. The highest BCUT2D eigenvalue weighted by molar-refractivity contribution is 14.1. The van der Waals surface area contributed by atoms with E-state index in [4.69, 9.17) is 4.74 Å². The van der Waals surface area contributed by atoms with Crippen LogP contribution in [0.25, 0.3) is 0 Å². The number of Topliss-reactive ketones (excluding diaryl/α,β-unsaturated/α-hetero) is 4. The average molecular weight is 610 g/mol. The largest absolute Gasteiger partial charge is 0.348 e. The molecule has 1 saturated heterocycles. The van der Waals surface area contributed by atoms with Crippen molar-refractivity contribution in [1.82, 2.24) is 0 Å². The van der Waals surface area contributed by atoms with E-state index in [1.54, 1.807) is 84.9 Å². The molecule has 0 N–H and O–H groups in total. The SMILES string of the molecule is O=C1c2ccccc2C(=O)C12O[C@H](c1ccc(I)cc1)C1(C(=O)c3ccccc3C1=O)[C@H]2c1ccccc1. The van der Waals surface area contributed by atoms with E-state index in [-0.39, 0.29) is 22.3 Å². The zero-order valence-electron chi connectivity index (χ0n) is 19.9. The van der Waals surface area contributed by atoms with Gasteiger partial charge in [0.05, 0.1) is 5.92 Å². The van der Waals surface area contributed by atoms with Gasteiger partial charge in [0.2, 0.25) is 17.2 Å². The Morgan fingerprint density at radius 3 is 1.47 bits per heavy atom. The van der Waals surface area contributed by atoms with Gasteiger partial charge in [0.25, 0.3) is 0 Å². The van der Waals surface area contributed by atoms with Gasteiger partial charge in [0.1, 0.15) is 11.5 Å². The van der Waals surface area contributed by atoms with Crippen LogP contribution < -0.4 is 0 Å². The summed E-state index contributed by atoms with van der Waals surface area (Å²) in [7, 11) is 0. The number of halogens is 1. The summed E-state index contributed by atoms with van der Waals surface area (Å²) in [4.78, 5) is 57.7. The highest BCUT2D eigenvalue weighted by atomic mass is 127. The van der Waals surface area contributed by atoms with E-state index in [0.717, 1.165) is 3.57 Å². The lowest BCUT2D eigenvalue weighted by atomic mass is 9.60. The summed E-state index contributed by atoms with van der Waals surface area (Å²) < 4.78 is 7.64. The lowest BCUT2D eigenvalue weighted by Gasteiger charge is -2.34. The molecule has 0 saturated carbocycles. The molecule has 2 spiro atoms. The molecule has 2 aliphatic carbocycles. The summed E-state index contributed by atoms with van der Waals surface area (Å²) >= 11 is 2.18. The molecule has 0 bridgehead atoms. The average Bonchev–Trinajstić information content (AvgIpc) is 3.48. The first-order valence-corrected chi connectivity index (χ1v) is 13.4. The number of ether oxygens (including phenoxy) is 1. The van der Waals surface area contributed by atoms with Crippen molar-refractivity contribution in [3.8, 4) is 0 Å². The lowest BCUT2D eigenvalue weighted by Crippen LogP contribution is -2.51. The van der Waals surface area contributed by atoms with E-state index in [1.807, 2.05) is 18.2 Å². The third-order valence-corrected chi connectivity index (χ3v) is 8.86. The van der Waals surface area contributed by atoms with Crippen LogP contribution in [0, 0.1) is 8.99 Å². The Labute approximate surface area is 232 Å². The molecule has 184 valence electrons. The van der Waals surface area contributed by atoms with E-state index >= 15 is 0 Å². The highest BCUT2D eigenvalue weighted by Crippen LogP contribution is 2.67. The molecule has 6 heteroatoms. The van der Waals surface area contributed by atoms with Crippen LogP contribution in [-0.4, -0.2) is 28.7 Å². The van der Waals surface area contributed by atoms with Crippen molar-refractivity contribution in [2.75, 3.05) is 0 Å². The third kappa shape index (κ3) is 2.74. The maximum Gasteiger partial charge on any atom is 0.204 e. The molecule has 2 atom stereocenters. The molecule has 0 radical (unpaired) electrons. The summed E-state index contributed by atoms with van der Waals surface area (Å²) in [6, 6.07) is 29.5. The van der Waals surface area contributed by atoms with Crippen LogP contribution in [0.15, 0.2) is 103 Å². The monoisotopic (exact) mass is 610 g/mol. The normalized spacial score (nSPS) is 22.3. The Kier molecular flexibility index (Phi) is 5.00. The molecule has 0 unspecified atom stereocenters. The van der Waals surface area contributed by atoms with E-state index in [9.17, 15) is 19.2 Å². The van der Waals surface area contributed by atoms with Gasteiger partial charge in [-0.25, -0.2) is 0 Å². The number of fused-ring (bicyclic) bond motifs is 2. The second-order valence-corrected chi connectivity index (χ2v) is 11.2. The number of carbonyl (C=O) groups excluding carboxylic acids is 4. The highest BCUT2D eigenvalue weighted by Gasteiger charge is 2.79. The molecule has 1 aliphatic heterocycles. The minimum absolute atomic E-state index is 0.243. The maximum absolute atomic E-state index is 14.6. The van der Waals surface area contributed by atoms with Crippen molar-refractivity contribution >= 4 is 45.7 Å². The van der Waals surface area contributed by atoms with Crippen LogP contribution in [0.1, 0.15) is 64.6 Å². The summed E-state index contributed by atoms with van der Waals surface area (Å²) in [6.45, 7) is 0. The zero-order chi connectivity index (χ0) is 26.2. The molecule has 5 nitrogen and oxygen atoms in total. The van der Waals surface area contributed by atoms with Crippen LogP contribution in [0.5, 0.6) is 0 Å². The Balaban J connectivity index is 1.59. The van der Waals surface area contributed by atoms with Crippen molar-refractivity contribution < 1.29 is 23.9 Å². The van der Waals surface area contributed by atoms with Gasteiger partial charge in [-0.1, -0.05) is 91.0 Å². The van der Waals surface area contributed by atoms with Crippen molar-refractivity contribution in [2.45, 2.75) is 17.6 Å². The molecular formula is C32H19IO5. The number of hydrogen-bond acceptors (Lipinski definition) is 5. The molecule has 4 aromatic carbocycles. The molecule has 3 aliphatic rings. The van der Waals surface area contributed by atoms with Gasteiger partial charge >= 0.3 is 0 Å². The second-order valence-electron chi connectivity index (χ2n) is 9.91. The zero-order valence-corrected chi connectivity index (χ0v) is 22.0. The molecule has 0 amide bonds. The van der Waals surface area contributed by atoms with Crippen LogP contribution in [0.3, 0.4) is 0 Å². The van der Waals surface area contributed by atoms with E-state index in [1.165, 1.54) is 0 Å². The van der Waals surface area contributed by atoms with Crippen LogP contribution in [0.2, 0.25) is 0 Å². The molecule has 0 aromatic heterocycles. The second kappa shape index (κ2) is 8.12.